The zero-order valence-electron chi connectivity index (χ0n) is 16.9. The van der Waals surface area contributed by atoms with E-state index in [1.165, 1.54) is 4.40 Å². The van der Waals surface area contributed by atoms with E-state index in [1.54, 1.807) is 24.4 Å². The highest BCUT2D eigenvalue weighted by atomic mass is 16.2. The number of pyridine rings is 1. The van der Waals surface area contributed by atoms with Crippen molar-refractivity contribution in [3.8, 4) is 0 Å². The molecule has 3 aromatic heterocycles. The van der Waals surface area contributed by atoms with Crippen molar-refractivity contribution in [1.82, 2.24) is 14.0 Å². The highest BCUT2D eigenvalue weighted by Crippen LogP contribution is 2.20. The highest BCUT2D eigenvalue weighted by Gasteiger charge is 2.20. The highest BCUT2D eigenvalue weighted by molar-refractivity contribution is 6.06. The average Bonchev–Trinajstić information content (AvgIpc) is 3.13. The van der Waals surface area contributed by atoms with Crippen LogP contribution in [-0.4, -0.2) is 19.9 Å². The molecule has 6 nitrogen and oxygen atoms in total. The molecule has 5 aromatic rings. The molecule has 0 spiro atoms. The number of aryl methyl sites for hydroxylation is 1. The third kappa shape index (κ3) is 3.48. The number of benzene rings is 2. The SMILES string of the molecule is Cc1cccc(NC(=O)c2cc3c(=O)n4ccccc4nc3n2Cc2ccccc2)c1. The fourth-order valence-corrected chi connectivity index (χ4v) is 3.78. The van der Waals surface area contributed by atoms with E-state index in [1.807, 2.05) is 72.2 Å². The monoisotopic (exact) mass is 408 g/mol. The van der Waals surface area contributed by atoms with Crippen LogP contribution in [0, 0.1) is 6.92 Å². The summed E-state index contributed by atoms with van der Waals surface area (Å²) in [5.41, 5.74) is 4.00. The summed E-state index contributed by atoms with van der Waals surface area (Å²) >= 11 is 0. The summed E-state index contributed by atoms with van der Waals surface area (Å²) in [6, 6.07) is 24.5. The third-order valence-electron chi connectivity index (χ3n) is 5.27. The lowest BCUT2D eigenvalue weighted by atomic mass is 10.2. The molecule has 0 atom stereocenters. The number of nitrogens with zero attached hydrogens (tertiary/aromatic N) is 3. The van der Waals surface area contributed by atoms with Gasteiger partial charge in [-0.25, -0.2) is 4.98 Å². The van der Waals surface area contributed by atoms with Gasteiger partial charge in [-0.2, -0.15) is 0 Å². The van der Waals surface area contributed by atoms with Crippen molar-refractivity contribution < 1.29 is 4.79 Å². The Morgan fingerprint density at radius 3 is 2.58 bits per heavy atom. The molecule has 0 fully saturated rings. The van der Waals surface area contributed by atoms with E-state index >= 15 is 0 Å². The first-order valence-corrected chi connectivity index (χ1v) is 10.0. The Hall–Kier alpha value is -4.19. The predicted molar refractivity (Wildman–Crippen MR) is 122 cm³/mol. The topological polar surface area (TPSA) is 68.4 Å². The summed E-state index contributed by atoms with van der Waals surface area (Å²) in [5, 5.41) is 3.36. The molecule has 0 aliphatic heterocycles. The normalized spacial score (nSPS) is 11.1. The van der Waals surface area contributed by atoms with Crippen molar-refractivity contribution in [1.29, 1.82) is 0 Å². The van der Waals surface area contributed by atoms with Gasteiger partial charge in [0, 0.05) is 18.4 Å². The molecule has 0 radical (unpaired) electrons. The van der Waals surface area contributed by atoms with Crippen LogP contribution in [0.15, 0.2) is 89.9 Å². The van der Waals surface area contributed by atoms with Gasteiger partial charge in [-0.05, 0) is 48.4 Å². The second-order valence-electron chi connectivity index (χ2n) is 7.51. The Bertz CT molecular complexity index is 1480. The number of aromatic nitrogens is 3. The van der Waals surface area contributed by atoms with E-state index < -0.39 is 0 Å². The van der Waals surface area contributed by atoms with Gasteiger partial charge in [-0.1, -0.05) is 48.5 Å². The van der Waals surface area contributed by atoms with Gasteiger partial charge in [-0.15, -0.1) is 0 Å². The maximum Gasteiger partial charge on any atom is 0.272 e. The molecule has 1 amide bonds. The van der Waals surface area contributed by atoms with Crippen molar-refractivity contribution in [2.75, 3.05) is 5.32 Å². The molecule has 6 heteroatoms. The predicted octanol–water partition coefficient (Wildman–Crippen LogP) is 4.26. The van der Waals surface area contributed by atoms with Gasteiger partial charge in [0.05, 0.1) is 5.39 Å². The van der Waals surface area contributed by atoms with Crippen LogP contribution in [0.25, 0.3) is 16.7 Å². The number of anilines is 1. The lowest BCUT2D eigenvalue weighted by molar-refractivity contribution is 0.101. The lowest BCUT2D eigenvalue weighted by Gasteiger charge is -2.11. The Balaban J connectivity index is 1.69. The zero-order valence-corrected chi connectivity index (χ0v) is 16.9. The standard InChI is InChI=1S/C25H20N4O2/c1-17-8-7-11-19(14-17)26-24(30)21-15-20-23(29(21)16-18-9-3-2-4-10-18)27-22-12-5-6-13-28(22)25(20)31/h2-15H,16H2,1H3,(H,26,30). The van der Waals surface area contributed by atoms with Crippen LogP contribution in [0.1, 0.15) is 21.6 Å². The molecule has 5 rings (SSSR count). The van der Waals surface area contributed by atoms with Crippen LogP contribution in [0.5, 0.6) is 0 Å². The van der Waals surface area contributed by atoms with Crippen LogP contribution < -0.4 is 10.9 Å². The van der Waals surface area contributed by atoms with Crippen molar-refractivity contribution in [2.45, 2.75) is 13.5 Å². The summed E-state index contributed by atoms with van der Waals surface area (Å²) in [6.45, 7) is 2.40. The maximum atomic E-state index is 13.2. The average molecular weight is 408 g/mol. The first-order chi connectivity index (χ1) is 15.1. The first kappa shape index (κ1) is 18.8. The van der Waals surface area contributed by atoms with E-state index in [0.717, 1.165) is 11.1 Å². The molecule has 31 heavy (non-hydrogen) atoms. The maximum absolute atomic E-state index is 13.2. The minimum absolute atomic E-state index is 0.197. The molecule has 0 unspecified atom stereocenters. The van der Waals surface area contributed by atoms with Gasteiger partial charge < -0.3 is 9.88 Å². The number of fused-ring (bicyclic) bond motifs is 2. The molecule has 2 aromatic carbocycles. The van der Waals surface area contributed by atoms with E-state index in [-0.39, 0.29) is 11.5 Å². The van der Waals surface area contributed by atoms with Gasteiger partial charge >= 0.3 is 0 Å². The summed E-state index contributed by atoms with van der Waals surface area (Å²) in [4.78, 5) is 31.1. The molecule has 0 saturated carbocycles. The summed E-state index contributed by atoms with van der Waals surface area (Å²) in [7, 11) is 0. The smallest absolute Gasteiger partial charge is 0.272 e. The van der Waals surface area contributed by atoms with Crippen LogP contribution in [0.2, 0.25) is 0 Å². The Morgan fingerprint density at radius 2 is 1.77 bits per heavy atom. The molecule has 1 N–H and O–H groups in total. The number of nitrogens with one attached hydrogen (secondary N) is 1. The second-order valence-corrected chi connectivity index (χ2v) is 7.51. The Labute approximate surface area is 178 Å². The van der Waals surface area contributed by atoms with E-state index in [4.69, 9.17) is 4.98 Å². The number of carbonyl (C=O) groups is 1. The first-order valence-electron chi connectivity index (χ1n) is 10.0. The number of rotatable bonds is 4. The fraction of sp³-hybridized carbons (Fsp3) is 0.0800. The quantitative estimate of drug-likeness (QED) is 0.483. The zero-order chi connectivity index (χ0) is 21.4. The van der Waals surface area contributed by atoms with Crippen LogP contribution in [0.3, 0.4) is 0 Å². The molecule has 152 valence electrons. The third-order valence-corrected chi connectivity index (χ3v) is 5.27. The molecule has 3 heterocycles. The molecular weight excluding hydrogens is 388 g/mol. The molecule has 0 bridgehead atoms. The van der Waals surface area contributed by atoms with Crippen LogP contribution in [0.4, 0.5) is 5.69 Å². The number of hydrogen-bond donors (Lipinski definition) is 1. The van der Waals surface area contributed by atoms with Gasteiger partial charge in [0.1, 0.15) is 17.0 Å². The minimum Gasteiger partial charge on any atom is -0.321 e. The van der Waals surface area contributed by atoms with E-state index in [9.17, 15) is 9.59 Å². The number of amides is 1. The Morgan fingerprint density at radius 1 is 0.968 bits per heavy atom. The number of carbonyl (C=O) groups excluding carboxylic acids is 1. The van der Waals surface area contributed by atoms with Crippen molar-refractivity contribution >= 4 is 28.3 Å². The van der Waals surface area contributed by atoms with Crippen molar-refractivity contribution in [3.05, 3.63) is 112 Å². The van der Waals surface area contributed by atoms with Gasteiger partial charge in [0.2, 0.25) is 0 Å². The van der Waals surface area contributed by atoms with Gasteiger partial charge in [-0.3, -0.25) is 14.0 Å². The van der Waals surface area contributed by atoms with Gasteiger partial charge in [0.25, 0.3) is 11.5 Å². The lowest BCUT2D eigenvalue weighted by Crippen LogP contribution is -2.18. The summed E-state index contributed by atoms with van der Waals surface area (Å²) in [5.74, 6) is -0.284. The van der Waals surface area contributed by atoms with Crippen molar-refractivity contribution in [2.24, 2.45) is 0 Å². The minimum atomic E-state index is -0.284. The van der Waals surface area contributed by atoms with Crippen LogP contribution >= 0.6 is 0 Å². The Kier molecular flexibility index (Phi) is 4.59. The van der Waals surface area contributed by atoms with Crippen LogP contribution in [-0.2, 0) is 6.54 Å². The van der Waals surface area contributed by atoms with Gasteiger partial charge in [0.15, 0.2) is 0 Å². The number of hydrogen-bond acceptors (Lipinski definition) is 3. The largest absolute Gasteiger partial charge is 0.321 e. The fourth-order valence-electron chi connectivity index (χ4n) is 3.78. The van der Waals surface area contributed by atoms with Crippen molar-refractivity contribution in [3.63, 3.8) is 0 Å². The second kappa shape index (κ2) is 7.57. The van der Waals surface area contributed by atoms with E-state index in [2.05, 4.69) is 5.32 Å². The summed E-state index contributed by atoms with van der Waals surface area (Å²) in [6.07, 6.45) is 1.69. The molecule has 0 aliphatic carbocycles. The summed E-state index contributed by atoms with van der Waals surface area (Å²) < 4.78 is 3.31. The molecular formula is C25H20N4O2. The molecule has 0 aliphatic rings. The molecule has 0 saturated heterocycles. The van der Waals surface area contributed by atoms with E-state index in [0.29, 0.717) is 34.6 Å².